The number of fused-ring (bicyclic) bond motifs is 4. The minimum absolute atomic E-state index is 0.863. The number of rotatable bonds is 6. The molecule has 3 nitrogen and oxygen atoms in total. The molecular weight excluding hydrogens is 534 g/mol. The molecule has 0 saturated heterocycles. The largest absolute Gasteiger partial charge is 0.337 e. The topological polar surface area (TPSA) is 9.26 Å². The van der Waals surface area contributed by atoms with Crippen LogP contribution in [0.5, 0.6) is 0 Å². The molecule has 5 aromatic rings. The lowest BCUT2D eigenvalue weighted by molar-refractivity contribution is -0.456. The highest BCUT2D eigenvalue weighted by atomic mass is 15.1. The van der Waals surface area contributed by atoms with Gasteiger partial charge < -0.3 is 4.90 Å². The van der Waals surface area contributed by atoms with Crippen LogP contribution < -0.4 is 4.90 Å². The molecule has 216 valence electrons. The fourth-order valence-corrected chi connectivity index (χ4v) is 7.54. The molecule has 0 N–H and O–H groups in total. The lowest BCUT2D eigenvalue weighted by atomic mass is 9.93. The fourth-order valence-electron chi connectivity index (χ4n) is 7.54. The summed E-state index contributed by atoms with van der Waals surface area (Å²) in [5.74, 6) is 0. The van der Waals surface area contributed by atoms with Crippen molar-refractivity contribution >= 4 is 34.2 Å². The summed E-state index contributed by atoms with van der Waals surface area (Å²) in [5, 5.41) is 0. The van der Waals surface area contributed by atoms with Crippen LogP contribution in [0.3, 0.4) is 0 Å². The van der Waals surface area contributed by atoms with Crippen molar-refractivity contribution in [3.63, 3.8) is 0 Å². The second-order valence-electron chi connectivity index (χ2n) is 12.9. The van der Waals surface area contributed by atoms with Gasteiger partial charge in [0.05, 0.1) is 12.8 Å². The fraction of sp³-hybridized carbons (Fsp3) is 0.220. The van der Waals surface area contributed by atoms with Crippen molar-refractivity contribution in [1.29, 1.82) is 0 Å². The summed E-state index contributed by atoms with van der Waals surface area (Å²) in [5.41, 5.74) is 19.4. The van der Waals surface area contributed by atoms with Crippen molar-refractivity contribution in [2.45, 2.75) is 52.6 Å². The molecule has 0 radical (unpaired) electrons. The molecule has 0 saturated carbocycles. The zero-order valence-electron chi connectivity index (χ0n) is 26.0. The maximum absolute atomic E-state index is 2.58. The van der Waals surface area contributed by atoms with Gasteiger partial charge in [-0.3, -0.25) is 0 Å². The van der Waals surface area contributed by atoms with Crippen LogP contribution in [0, 0.1) is 13.8 Å². The number of hydrogen-bond acceptors (Lipinski definition) is 1. The molecule has 3 heteroatoms. The number of para-hydroxylation sites is 2. The van der Waals surface area contributed by atoms with Gasteiger partial charge in [-0.05, 0) is 42.7 Å². The van der Waals surface area contributed by atoms with E-state index in [4.69, 9.17) is 0 Å². The first-order chi connectivity index (χ1) is 21.5. The minimum Gasteiger partial charge on any atom is -0.337 e. The molecule has 3 heterocycles. The van der Waals surface area contributed by atoms with Gasteiger partial charge >= 0.3 is 0 Å². The maximum Gasteiger partial charge on any atom is 0.209 e. The first-order valence-electron chi connectivity index (χ1n) is 15.9. The molecule has 5 aromatic carbocycles. The van der Waals surface area contributed by atoms with Crippen molar-refractivity contribution in [2.24, 2.45) is 0 Å². The molecule has 0 atom stereocenters. The van der Waals surface area contributed by atoms with E-state index >= 15 is 0 Å². The van der Waals surface area contributed by atoms with Gasteiger partial charge in [-0.2, -0.15) is 4.58 Å². The van der Waals surface area contributed by atoms with Gasteiger partial charge in [0.15, 0.2) is 18.0 Å². The van der Waals surface area contributed by atoms with Crippen LogP contribution in [0.4, 0.5) is 22.7 Å². The van der Waals surface area contributed by atoms with Gasteiger partial charge in [0.25, 0.3) is 0 Å². The van der Waals surface area contributed by atoms with Gasteiger partial charge in [0.2, 0.25) is 11.4 Å². The highest BCUT2D eigenvalue weighted by Crippen LogP contribution is 2.40. The molecule has 8 rings (SSSR count). The van der Waals surface area contributed by atoms with Crippen LogP contribution in [0.1, 0.15) is 50.9 Å². The average Bonchev–Trinajstić information content (AvgIpc) is 3.54. The Hall–Kier alpha value is -4.76. The number of benzene rings is 5. The lowest BCUT2D eigenvalue weighted by Gasteiger charge is -2.34. The smallest absolute Gasteiger partial charge is 0.209 e. The maximum atomic E-state index is 2.58. The molecule has 0 spiro atoms. The Kier molecular flexibility index (Phi) is 6.56. The van der Waals surface area contributed by atoms with Crippen LogP contribution in [0.25, 0.3) is 0 Å². The first-order valence-corrected chi connectivity index (χ1v) is 15.9. The summed E-state index contributed by atoms with van der Waals surface area (Å²) in [7, 11) is 2.23. The van der Waals surface area contributed by atoms with Gasteiger partial charge in [-0.25, -0.2) is 4.58 Å². The SMILES string of the molecule is Cc1ccc2c(c1)Cc1cc(C)ccc1N2Cc1ccc(C[N+]2=C(CC3=[N+](C)c4ccccc4C3)Cc3ccccc32)cc1. The van der Waals surface area contributed by atoms with E-state index in [-0.39, 0.29) is 0 Å². The third kappa shape index (κ3) is 4.77. The quantitative estimate of drug-likeness (QED) is 0.185. The van der Waals surface area contributed by atoms with E-state index in [0.29, 0.717) is 0 Å². The monoisotopic (exact) mass is 573 g/mol. The third-order valence-electron chi connectivity index (χ3n) is 9.83. The zero-order valence-corrected chi connectivity index (χ0v) is 26.0. The summed E-state index contributed by atoms with van der Waals surface area (Å²) in [6, 6.07) is 41.0. The highest BCUT2D eigenvalue weighted by molar-refractivity contribution is 6.05. The van der Waals surface area contributed by atoms with Crippen LogP contribution in [-0.2, 0) is 32.4 Å². The standard InChI is InChI=1S/C41H39N3/c1-28-12-18-40-34(20-28)22-35-21-29(2)13-19-41(35)44(40)27-31-16-14-30(15-17-31)26-43-37(24-33-9-5-7-11-39(33)43)25-36-23-32-8-4-6-10-38(32)42(36)3/h4-21H,22-27H2,1-3H3/q+2. The van der Waals surface area contributed by atoms with Crippen molar-refractivity contribution in [2.75, 3.05) is 11.9 Å². The van der Waals surface area contributed by atoms with E-state index in [2.05, 4.69) is 144 Å². The Balaban J connectivity index is 1.07. The zero-order chi connectivity index (χ0) is 29.8. The molecule has 0 unspecified atom stereocenters. The molecule has 3 aliphatic rings. The van der Waals surface area contributed by atoms with Gasteiger partial charge in [-0.15, -0.1) is 0 Å². The van der Waals surface area contributed by atoms with Crippen molar-refractivity contribution in [1.82, 2.24) is 0 Å². The number of hydrogen-bond donors (Lipinski definition) is 0. The number of aryl methyl sites for hydroxylation is 2. The van der Waals surface area contributed by atoms with Crippen LogP contribution in [-0.4, -0.2) is 27.6 Å². The van der Waals surface area contributed by atoms with Crippen LogP contribution in [0.2, 0.25) is 0 Å². The Morgan fingerprint density at radius 2 is 1.14 bits per heavy atom. The third-order valence-corrected chi connectivity index (χ3v) is 9.83. The second-order valence-corrected chi connectivity index (χ2v) is 12.9. The second kappa shape index (κ2) is 10.7. The summed E-state index contributed by atoms with van der Waals surface area (Å²) in [6.45, 7) is 6.15. The van der Waals surface area contributed by atoms with Crippen LogP contribution in [0.15, 0.2) is 109 Å². The Morgan fingerprint density at radius 1 is 0.568 bits per heavy atom. The molecular formula is C41H39N3+2. The first kappa shape index (κ1) is 26.8. The van der Waals surface area contributed by atoms with Crippen molar-refractivity contribution < 1.29 is 9.15 Å². The molecule has 0 fully saturated rings. The van der Waals surface area contributed by atoms with E-state index in [1.807, 2.05) is 0 Å². The van der Waals surface area contributed by atoms with Crippen molar-refractivity contribution in [3.8, 4) is 0 Å². The minimum atomic E-state index is 0.863. The average molecular weight is 574 g/mol. The Bertz CT molecular complexity index is 1940. The van der Waals surface area contributed by atoms with E-state index in [9.17, 15) is 0 Å². The summed E-state index contributed by atoms with van der Waals surface area (Å²) in [6.07, 6.45) is 4.07. The highest BCUT2D eigenvalue weighted by Gasteiger charge is 2.35. The number of nitrogens with zero attached hydrogens (tertiary/aromatic N) is 3. The number of anilines is 2. The molecule has 0 aliphatic carbocycles. The summed E-state index contributed by atoms with van der Waals surface area (Å²) >= 11 is 0. The van der Waals surface area contributed by atoms with Gasteiger partial charge in [0, 0.05) is 53.2 Å². The molecule has 0 amide bonds. The Morgan fingerprint density at radius 3 is 1.80 bits per heavy atom. The van der Waals surface area contributed by atoms with E-state index in [1.54, 1.807) is 0 Å². The van der Waals surface area contributed by atoms with Gasteiger partial charge in [-0.1, -0.05) is 96.1 Å². The van der Waals surface area contributed by atoms with Crippen LogP contribution >= 0.6 is 0 Å². The molecule has 0 bridgehead atoms. The molecule has 44 heavy (non-hydrogen) atoms. The molecule has 0 aromatic heterocycles. The summed E-state index contributed by atoms with van der Waals surface area (Å²) < 4.78 is 4.99. The van der Waals surface area contributed by atoms with E-state index in [1.165, 1.54) is 78.7 Å². The predicted molar refractivity (Wildman–Crippen MR) is 182 cm³/mol. The van der Waals surface area contributed by atoms with E-state index < -0.39 is 0 Å². The predicted octanol–water partition coefficient (Wildman–Crippen LogP) is 8.75. The molecule has 3 aliphatic heterocycles. The Labute approximate surface area is 261 Å². The van der Waals surface area contributed by atoms with Gasteiger partial charge in [0.1, 0.15) is 13.5 Å². The van der Waals surface area contributed by atoms with Crippen molar-refractivity contribution in [3.05, 3.63) is 154 Å². The normalized spacial score (nSPS) is 14.9. The van der Waals surface area contributed by atoms with E-state index in [0.717, 1.165) is 38.8 Å². The summed E-state index contributed by atoms with van der Waals surface area (Å²) in [4.78, 5) is 2.51. The lowest BCUT2D eigenvalue weighted by Crippen LogP contribution is -2.23.